The van der Waals surface area contributed by atoms with E-state index in [4.69, 9.17) is 0 Å². The van der Waals surface area contributed by atoms with Crippen LogP contribution in [0.1, 0.15) is 32.1 Å². The number of amides is 1. The molecule has 9 heteroatoms. The van der Waals surface area contributed by atoms with Gasteiger partial charge in [-0.15, -0.1) is 10.2 Å². The van der Waals surface area contributed by atoms with Gasteiger partial charge in [0.1, 0.15) is 5.51 Å². The highest BCUT2D eigenvalue weighted by molar-refractivity contribution is 8.01. The number of carbonyl (C=O) groups is 1. The highest BCUT2D eigenvalue weighted by atomic mass is 32.2. The molecule has 0 spiro atoms. The molecule has 0 radical (unpaired) electrons. The van der Waals surface area contributed by atoms with E-state index in [1.165, 1.54) is 23.1 Å². The molecule has 3 rings (SSSR count). The fourth-order valence-corrected chi connectivity index (χ4v) is 6.38. The number of rotatable bonds is 5. The first-order chi connectivity index (χ1) is 10.6. The summed E-state index contributed by atoms with van der Waals surface area (Å²) < 4.78 is 24.3. The van der Waals surface area contributed by atoms with Crippen LogP contribution in [0.15, 0.2) is 9.85 Å². The zero-order chi connectivity index (χ0) is 15.6. The van der Waals surface area contributed by atoms with E-state index in [-0.39, 0.29) is 29.5 Å². The van der Waals surface area contributed by atoms with E-state index in [1.54, 1.807) is 5.51 Å². The molecule has 0 N–H and O–H groups in total. The molecule has 122 valence electrons. The lowest BCUT2D eigenvalue weighted by Crippen LogP contribution is -2.47. The molecular weight excluding hydrogens is 342 g/mol. The number of aromatic nitrogens is 2. The summed E-state index contributed by atoms with van der Waals surface area (Å²) >= 11 is 2.80. The van der Waals surface area contributed by atoms with E-state index in [2.05, 4.69) is 10.2 Å². The summed E-state index contributed by atoms with van der Waals surface area (Å²) in [5.74, 6) is 0.674. The normalized spacial score (nSPS) is 24.6. The second-order valence-electron chi connectivity index (χ2n) is 5.79. The number of nitrogens with zero attached hydrogens (tertiary/aromatic N) is 3. The molecule has 1 saturated heterocycles. The first kappa shape index (κ1) is 16.2. The Balaban J connectivity index is 1.69. The van der Waals surface area contributed by atoms with Gasteiger partial charge in [0, 0.05) is 12.1 Å². The molecule has 22 heavy (non-hydrogen) atoms. The second-order valence-corrected chi connectivity index (χ2v) is 10.1. The van der Waals surface area contributed by atoms with E-state index in [0.29, 0.717) is 12.2 Å². The van der Waals surface area contributed by atoms with E-state index >= 15 is 0 Å². The summed E-state index contributed by atoms with van der Waals surface area (Å²) in [7, 11) is -2.98. The molecule has 1 aliphatic heterocycles. The molecule has 1 aromatic rings. The summed E-state index contributed by atoms with van der Waals surface area (Å²) in [4.78, 5) is 14.6. The lowest BCUT2D eigenvalue weighted by atomic mass is 10.1. The van der Waals surface area contributed by atoms with Gasteiger partial charge in [-0.25, -0.2) is 8.42 Å². The van der Waals surface area contributed by atoms with Crippen molar-refractivity contribution in [3.8, 4) is 0 Å². The SMILES string of the molecule is O=C(CSc1nncs1)N(C1CCCC1)C1CCS(=O)(=O)C1. The molecule has 1 saturated carbocycles. The predicted octanol–water partition coefficient (Wildman–Crippen LogP) is 1.59. The fourth-order valence-electron chi connectivity index (χ4n) is 3.31. The van der Waals surface area contributed by atoms with Gasteiger partial charge in [0.05, 0.1) is 17.3 Å². The molecule has 0 aromatic carbocycles. The number of sulfone groups is 1. The van der Waals surface area contributed by atoms with Crippen LogP contribution in [0.5, 0.6) is 0 Å². The van der Waals surface area contributed by atoms with E-state index in [0.717, 1.165) is 30.0 Å². The van der Waals surface area contributed by atoms with Crippen LogP contribution in [0.2, 0.25) is 0 Å². The van der Waals surface area contributed by atoms with Gasteiger partial charge in [-0.05, 0) is 19.3 Å². The third-order valence-electron chi connectivity index (χ3n) is 4.27. The average molecular weight is 362 g/mol. The third-order valence-corrected chi connectivity index (χ3v) is 7.86. The zero-order valence-electron chi connectivity index (χ0n) is 12.2. The summed E-state index contributed by atoms with van der Waals surface area (Å²) in [6, 6.07) is 0.0661. The average Bonchev–Trinajstić information content (AvgIpc) is 3.19. The van der Waals surface area contributed by atoms with Crippen molar-refractivity contribution in [2.24, 2.45) is 0 Å². The van der Waals surface area contributed by atoms with Gasteiger partial charge in [-0.1, -0.05) is 35.9 Å². The Hall–Kier alpha value is -0.670. The van der Waals surface area contributed by atoms with Gasteiger partial charge < -0.3 is 4.90 Å². The summed E-state index contributed by atoms with van der Waals surface area (Å²) in [5, 5.41) is 7.69. The lowest BCUT2D eigenvalue weighted by Gasteiger charge is -2.34. The Labute approximate surface area is 138 Å². The fraction of sp³-hybridized carbons (Fsp3) is 0.769. The van der Waals surface area contributed by atoms with E-state index < -0.39 is 9.84 Å². The smallest absolute Gasteiger partial charge is 0.233 e. The van der Waals surface area contributed by atoms with Crippen LogP contribution < -0.4 is 0 Å². The van der Waals surface area contributed by atoms with E-state index in [9.17, 15) is 13.2 Å². The summed E-state index contributed by atoms with van der Waals surface area (Å²) in [6.07, 6.45) is 4.81. The molecule has 2 fully saturated rings. The molecular formula is C13H19N3O3S3. The molecule has 1 aromatic heterocycles. The highest BCUT2D eigenvalue weighted by Gasteiger charge is 2.38. The summed E-state index contributed by atoms with van der Waals surface area (Å²) in [5.41, 5.74) is 1.64. The zero-order valence-corrected chi connectivity index (χ0v) is 14.6. The third kappa shape index (κ3) is 3.80. The van der Waals surface area contributed by atoms with Crippen LogP contribution in [0.4, 0.5) is 0 Å². The van der Waals surface area contributed by atoms with Crippen LogP contribution in [0.3, 0.4) is 0 Å². The molecule has 0 bridgehead atoms. The van der Waals surface area contributed by atoms with Crippen molar-refractivity contribution in [3.05, 3.63) is 5.51 Å². The van der Waals surface area contributed by atoms with Crippen LogP contribution in [-0.4, -0.2) is 58.8 Å². The Morgan fingerprint density at radius 2 is 2.09 bits per heavy atom. The first-order valence-electron chi connectivity index (χ1n) is 7.46. The molecule has 2 aliphatic rings. The minimum absolute atomic E-state index is 0.0363. The lowest BCUT2D eigenvalue weighted by molar-refractivity contribution is -0.132. The van der Waals surface area contributed by atoms with Gasteiger partial charge in [0.25, 0.3) is 0 Å². The predicted molar refractivity (Wildman–Crippen MR) is 86.8 cm³/mol. The largest absolute Gasteiger partial charge is 0.335 e. The Morgan fingerprint density at radius 3 is 2.68 bits per heavy atom. The maximum absolute atomic E-state index is 12.7. The maximum Gasteiger partial charge on any atom is 0.233 e. The molecule has 6 nitrogen and oxygen atoms in total. The number of hydrogen-bond donors (Lipinski definition) is 0. The van der Waals surface area contributed by atoms with Crippen LogP contribution in [0, 0.1) is 0 Å². The number of thioether (sulfide) groups is 1. The topological polar surface area (TPSA) is 80.2 Å². The Bertz CT molecular complexity index is 612. The quantitative estimate of drug-likeness (QED) is 0.741. The van der Waals surface area contributed by atoms with Crippen LogP contribution in [0.25, 0.3) is 0 Å². The van der Waals surface area contributed by atoms with Crippen molar-refractivity contribution in [2.45, 2.75) is 48.5 Å². The number of carbonyl (C=O) groups excluding carboxylic acids is 1. The van der Waals surface area contributed by atoms with Gasteiger partial charge in [0.2, 0.25) is 5.91 Å². The minimum atomic E-state index is -2.98. The maximum atomic E-state index is 12.7. The van der Waals surface area contributed by atoms with Crippen molar-refractivity contribution >= 4 is 38.8 Å². The first-order valence-corrected chi connectivity index (χ1v) is 11.1. The molecule has 2 heterocycles. The summed E-state index contributed by atoms with van der Waals surface area (Å²) in [6.45, 7) is 0. The van der Waals surface area contributed by atoms with Crippen molar-refractivity contribution < 1.29 is 13.2 Å². The van der Waals surface area contributed by atoms with Gasteiger partial charge >= 0.3 is 0 Å². The van der Waals surface area contributed by atoms with Crippen molar-refractivity contribution in [3.63, 3.8) is 0 Å². The number of hydrogen-bond acceptors (Lipinski definition) is 7. The van der Waals surface area contributed by atoms with Crippen LogP contribution in [-0.2, 0) is 14.6 Å². The van der Waals surface area contributed by atoms with Crippen LogP contribution >= 0.6 is 23.1 Å². The van der Waals surface area contributed by atoms with Crippen molar-refractivity contribution in [1.82, 2.24) is 15.1 Å². The highest BCUT2D eigenvalue weighted by Crippen LogP contribution is 2.30. The van der Waals surface area contributed by atoms with Gasteiger partial charge in [0.15, 0.2) is 14.2 Å². The molecule has 1 aliphatic carbocycles. The Morgan fingerprint density at radius 1 is 1.32 bits per heavy atom. The minimum Gasteiger partial charge on any atom is -0.335 e. The molecule has 1 unspecified atom stereocenters. The van der Waals surface area contributed by atoms with Gasteiger partial charge in [-0.3, -0.25) is 4.79 Å². The second kappa shape index (κ2) is 6.84. The Kier molecular flexibility index (Phi) is 5.03. The van der Waals surface area contributed by atoms with Crippen molar-refractivity contribution in [1.29, 1.82) is 0 Å². The van der Waals surface area contributed by atoms with Gasteiger partial charge in [-0.2, -0.15) is 0 Å². The molecule has 1 amide bonds. The standard InChI is InChI=1S/C13H19N3O3S3/c17-12(7-20-13-15-14-9-21-13)16(10-3-1-2-4-10)11-5-6-22(18,19)8-11/h9-11H,1-8H2. The molecule has 1 atom stereocenters. The monoisotopic (exact) mass is 361 g/mol. The van der Waals surface area contributed by atoms with E-state index in [1.807, 2.05) is 4.90 Å². The van der Waals surface area contributed by atoms with Crippen molar-refractivity contribution in [2.75, 3.05) is 17.3 Å².